The zero-order valence-electron chi connectivity index (χ0n) is 22.6. The van der Waals surface area contributed by atoms with Crippen molar-refractivity contribution < 1.29 is 31.7 Å². The Hall–Kier alpha value is -3.39. The predicted octanol–water partition coefficient (Wildman–Crippen LogP) is 2.84. The maximum absolute atomic E-state index is 13.9. The van der Waals surface area contributed by atoms with E-state index in [-0.39, 0.29) is 11.6 Å². The van der Waals surface area contributed by atoms with Crippen LogP contribution in [0.5, 0.6) is 0 Å². The minimum absolute atomic E-state index is 0.0703. The SMILES string of the molecule is CC(C)(F)c1cc(NC(=O)Nc2ccc(-c3ccc(NCC[NH+]4CCOCC4)nc3)cc2)on1.COS(C)=O. The summed E-state index contributed by atoms with van der Waals surface area (Å²) in [6, 6.07) is 12.2. The number of aromatic nitrogens is 2. The number of urea groups is 1. The zero-order valence-corrected chi connectivity index (χ0v) is 23.4. The van der Waals surface area contributed by atoms with Crippen LogP contribution in [0.2, 0.25) is 0 Å². The highest BCUT2D eigenvalue weighted by Crippen LogP contribution is 2.26. The summed E-state index contributed by atoms with van der Waals surface area (Å²) in [5.74, 6) is 0.916. The Bertz CT molecular complexity index is 1190. The van der Waals surface area contributed by atoms with Crippen molar-refractivity contribution in [3.05, 3.63) is 54.4 Å². The molecular weight excluding hydrogens is 527 g/mol. The molecule has 3 aromatic rings. The number of hydrogen-bond acceptors (Lipinski definition) is 8. The second kappa shape index (κ2) is 14.7. The van der Waals surface area contributed by atoms with Gasteiger partial charge in [0.25, 0.3) is 0 Å². The number of ether oxygens (including phenoxy) is 1. The fourth-order valence-corrected chi connectivity index (χ4v) is 3.58. The molecule has 212 valence electrons. The number of morpholine rings is 1. The number of anilines is 3. The van der Waals surface area contributed by atoms with Crippen molar-refractivity contribution in [2.45, 2.75) is 19.5 Å². The first-order valence-electron chi connectivity index (χ1n) is 12.5. The van der Waals surface area contributed by atoms with E-state index >= 15 is 0 Å². The molecule has 2 aromatic heterocycles. The number of halogens is 1. The van der Waals surface area contributed by atoms with Gasteiger partial charge in [0.2, 0.25) is 5.88 Å². The summed E-state index contributed by atoms with van der Waals surface area (Å²) >= 11 is -1.07. The lowest BCUT2D eigenvalue weighted by molar-refractivity contribution is -0.906. The smallest absolute Gasteiger partial charge is 0.326 e. The Kier molecular flexibility index (Phi) is 11.3. The molecule has 1 aliphatic rings. The third kappa shape index (κ3) is 10.4. The monoisotopic (exact) mass is 563 g/mol. The Labute approximate surface area is 230 Å². The fourth-order valence-electron chi connectivity index (χ4n) is 3.58. The lowest BCUT2D eigenvalue weighted by Crippen LogP contribution is -3.14. The minimum atomic E-state index is -1.65. The van der Waals surface area contributed by atoms with Gasteiger partial charge in [-0.1, -0.05) is 17.3 Å². The first-order valence-corrected chi connectivity index (χ1v) is 14.0. The Balaban J connectivity index is 0.000000771. The van der Waals surface area contributed by atoms with Gasteiger partial charge in [0.05, 0.1) is 33.4 Å². The molecule has 39 heavy (non-hydrogen) atoms. The average molecular weight is 564 g/mol. The van der Waals surface area contributed by atoms with Crippen molar-refractivity contribution >= 4 is 34.5 Å². The minimum Gasteiger partial charge on any atom is -0.370 e. The molecule has 1 aromatic carbocycles. The highest BCUT2D eigenvalue weighted by molar-refractivity contribution is 7.79. The summed E-state index contributed by atoms with van der Waals surface area (Å²) in [6.07, 6.45) is 3.30. The molecule has 2 amide bonds. The highest BCUT2D eigenvalue weighted by atomic mass is 32.2. The van der Waals surface area contributed by atoms with Crippen LogP contribution in [-0.2, 0) is 25.7 Å². The van der Waals surface area contributed by atoms with E-state index in [9.17, 15) is 13.4 Å². The lowest BCUT2D eigenvalue weighted by Gasteiger charge is -2.23. The van der Waals surface area contributed by atoms with Gasteiger partial charge in [-0.05, 0) is 43.7 Å². The largest absolute Gasteiger partial charge is 0.370 e. The Morgan fingerprint density at radius 2 is 1.79 bits per heavy atom. The van der Waals surface area contributed by atoms with Gasteiger partial charge in [0.15, 0.2) is 16.7 Å². The van der Waals surface area contributed by atoms with Crippen LogP contribution in [0.3, 0.4) is 0 Å². The maximum Gasteiger partial charge on any atom is 0.326 e. The number of rotatable bonds is 9. The lowest BCUT2D eigenvalue weighted by atomic mass is 10.1. The van der Waals surface area contributed by atoms with Crippen LogP contribution >= 0.6 is 0 Å². The van der Waals surface area contributed by atoms with Crippen molar-refractivity contribution in [2.75, 3.05) is 68.7 Å². The van der Waals surface area contributed by atoms with E-state index < -0.39 is 22.8 Å². The van der Waals surface area contributed by atoms with Gasteiger partial charge in [-0.3, -0.25) is 9.50 Å². The second-order valence-corrected chi connectivity index (χ2v) is 10.4. The molecule has 11 nitrogen and oxygen atoms in total. The number of quaternary nitrogens is 1. The van der Waals surface area contributed by atoms with Gasteiger partial charge >= 0.3 is 6.03 Å². The third-order valence-corrected chi connectivity index (χ3v) is 6.28. The Morgan fingerprint density at radius 3 is 2.36 bits per heavy atom. The predicted molar refractivity (Wildman–Crippen MR) is 149 cm³/mol. The molecule has 0 radical (unpaired) electrons. The number of pyridine rings is 1. The molecule has 4 rings (SSSR count). The molecular formula is C26H36FN6O5S+. The molecule has 1 atom stereocenters. The average Bonchev–Trinajstić information content (AvgIpc) is 3.40. The van der Waals surface area contributed by atoms with Gasteiger partial charge in [-0.25, -0.2) is 18.4 Å². The van der Waals surface area contributed by atoms with Crippen molar-refractivity contribution in [1.29, 1.82) is 0 Å². The van der Waals surface area contributed by atoms with Crippen LogP contribution in [0.4, 0.5) is 26.6 Å². The number of hydrogen-bond donors (Lipinski definition) is 4. The molecule has 13 heteroatoms. The number of carbonyl (C=O) groups excluding carboxylic acids is 1. The first-order chi connectivity index (χ1) is 18.6. The summed E-state index contributed by atoms with van der Waals surface area (Å²) in [5.41, 5.74) is 1.02. The van der Waals surface area contributed by atoms with E-state index in [0.717, 1.165) is 56.3 Å². The van der Waals surface area contributed by atoms with E-state index in [1.54, 1.807) is 17.0 Å². The molecule has 0 aliphatic carbocycles. The van der Waals surface area contributed by atoms with Gasteiger partial charge in [-0.2, -0.15) is 0 Å². The summed E-state index contributed by atoms with van der Waals surface area (Å²) in [6.45, 7) is 8.42. The first kappa shape index (κ1) is 30.2. The molecule has 1 aliphatic heterocycles. The van der Waals surface area contributed by atoms with Crippen molar-refractivity contribution in [1.82, 2.24) is 10.1 Å². The number of amides is 2. The molecule has 1 saturated heterocycles. The highest BCUT2D eigenvalue weighted by Gasteiger charge is 2.24. The van der Waals surface area contributed by atoms with Gasteiger partial charge in [0, 0.05) is 29.8 Å². The van der Waals surface area contributed by atoms with Crippen LogP contribution in [-0.4, -0.2) is 73.1 Å². The van der Waals surface area contributed by atoms with Gasteiger partial charge < -0.3 is 24.8 Å². The molecule has 4 N–H and O–H groups in total. The zero-order chi connectivity index (χ0) is 28.3. The van der Waals surface area contributed by atoms with Crippen molar-refractivity contribution in [3.63, 3.8) is 0 Å². The Morgan fingerprint density at radius 1 is 1.13 bits per heavy atom. The van der Waals surface area contributed by atoms with Crippen LogP contribution < -0.4 is 20.9 Å². The van der Waals surface area contributed by atoms with Gasteiger partial charge in [-0.15, -0.1) is 0 Å². The number of nitrogens with zero attached hydrogens (tertiary/aromatic N) is 2. The molecule has 0 spiro atoms. The topological polar surface area (TPSA) is 132 Å². The second-order valence-electron chi connectivity index (χ2n) is 9.24. The van der Waals surface area contributed by atoms with Crippen LogP contribution in [0.25, 0.3) is 11.1 Å². The van der Waals surface area contributed by atoms with Gasteiger partial charge in [0.1, 0.15) is 24.6 Å². The van der Waals surface area contributed by atoms with Crippen molar-refractivity contribution in [2.24, 2.45) is 0 Å². The van der Waals surface area contributed by atoms with E-state index in [1.165, 1.54) is 33.3 Å². The van der Waals surface area contributed by atoms with E-state index in [1.807, 2.05) is 30.5 Å². The van der Waals surface area contributed by atoms with E-state index in [0.29, 0.717) is 5.69 Å². The quantitative estimate of drug-likeness (QED) is 0.313. The molecule has 1 unspecified atom stereocenters. The number of nitrogens with one attached hydrogen (secondary N) is 4. The molecule has 3 heterocycles. The summed E-state index contributed by atoms with van der Waals surface area (Å²) in [5, 5.41) is 12.2. The third-order valence-electron chi connectivity index (χ3n) is 5.81. The summed E-state index contributed by atoms with van der Waals surface area (Å²) in [4.78, 5) is 18.2. The maximum atomic E-state index is 13.9. The molecule has 1 fully saturated rings. The summed E-state index contributed by atoms with van der Waals surface area (Å²) in [7, 11) is 1.40. The number of carbonyl (C=O) groups is 1. The van der Waals surface area contributed by atoms with E-state index in [2.05, 4.69) is 30.3 Å². The van der Waals surface area contributed by atoms with Crippen LogP contribution in [0.1, 0.15) is 19.5 Å². The number of alkyl halides is 1. The number of benzene rings is 1. The molecule has 0 saturated carbocycles. The van der Waals surface area contributed by atoms with Crippen LogP contribution in [0.15, 0.2) is 53.2 Å². The van der Waals surface area contributed by atoms with Crippen LogP contribution in [0, 0.1) is 0 Å². The normalized spacial score (nSPS) is 14.6. The molecule has 0 bridgehead atoms. The standard InChI is InChI=1S/C24H29FN6O3.C2H6O2S/c1-24(2,25)20-15-22(34-30-20)29-23(32)28-19-6-3-17(4-7-19)18-5-8-21(27-16-18)26-9-10-31-11-13-33-14-12-31;1-4-5(2)3/h3-8,15-16H,9-14H2,1-2H3,(H,26,27)(H2,28,29,32);1-2H3/p+1. The van der Waals surface area contributed by atoms with E-state index in [4.69, 9.17) is 9.26 Å². The van der Waals surface area contributed by atoms with Crippen molar-refractivity contribution in [3.8, 4) is 11.1 Å². The fraction of sp³-hybridized carbons (Fsp3) is 0.423. The summed E-state index contributed by atoms with van der Waals surface area (Å²) < 4.78 is 38.2.